The summed E-state index contributed by atoms with van der Waals surface area (Å²) in [6, 6.07) is 14.4. The van der Waals surface area contributed by atoms with E-state index in [1.54, 1.807) is 31.3 Å². The molecule has 0 bridgehead atoms. The second kappa shape index (κ2) is 7.90. The molecule has 0 aliphatic heterocycles. The van der Waals surface area contributed by atoms with Gasteiger partial charge in [-0.25, -0.2) is 4.79 Å². The molecule has 0 radical (unpaired) electrons. The van der Waals surface area contributed by atoms with E-state index in [1.807, 2.05) is 31.2 Å². The number of hydrogen-bond donors (Lipinski definition) is 1. The van der Waals surface area contributed by atoms with Crippen LogP contribution in [0.1, 0.15) is 5.56 Å². The van der Waals surface area contributed by atoms with Crippen molar-refractivity contribution < 1.29 is 9.53 Å². The van der Waals surface area contributed by atoms with Crippen LogP contribution in [-0.4, -0.2) is 40.6 Å². The van der Waals surface area contributed by atoms with E-state index < -0.39 is 11.2 Å². The van der Waals surface area contributed by atoms with Gasteiger partial charge in [0.05, 0.1) is 17.4 Å². The number of H-pyrrole nitrogens is 1. The van der Waals surface area contributed by atoms with Gasteiger partial charge in [-0.05, 0) is 36.8 Å². The van der Waals surface area contributed by atoms with Gasteiger partial charge in [-0.2, -0.15) is 0 Å². The number of rotatable bonds is 6. The number of carbonyl (C=O) groups is 1. The SMILES string of the molecule is Cc1cccc(OCCN(C)C(=O)Cn2c(=O)[nH]c3ccccc3c2=O)c1. The number of hydrogen-bond acceptors (Lipinski definition) is 4. The number of carbonyl (C=O) groups excluding carboxylic acids is 1. The third-order valence-electron chi connectivity index (χ3n) is 4.29. The van der Waals surface area contributed by atoms with Crippen LogP contribution in [0.15, 0.2) is 58.1 Å². The van der Waals surface area contributed by atoms with Crippen molar-refractivity contribution in [2.45, 2.75) is 13.5 Å². The molecule has 1 heterocycles. The third-order valence-corrected chi connectivity index (χ3v) is 4.29. The highest BCUT2D eigenvalue weighted by Crippen LogP contribution is 2.12. The maximum Gasteiger partial charge on any atom is 0.329 e. The number of nitrogens with one attached hydrogen (secondary N) is 1. The van der Waals surface area contributed by atoms with E-state index in [0.717, 1.165) is 15.9 Å². The minimum Gasteiger partial charge on any atom is -0.492 e. The lowest BCUT2D eigenvalue weighted by Gasteiger charge is -2.18. The van der Waals surface area contributed by atoms with Crippen molar-refractivity contribution in [3.05, 3.63) is 74.9 Å². The topological polar surface area (TPSA) is 84.4 Å². The fourth-order valence-electron chi connectivity index (χ4n) is 2.73. The van der Waals surface area contributed by atoms with Crippen molar-refractivity contribution in [1.82, 2.24) is 14.5 Å². The molecule has 0 saturated carbocycles. The van der Waals surface area contributed by atoms with Crippen LogP contribution in [0.25, 0.3) is 10.9 Å². The average molecular weight is 367 g/mol. The van der Waals surface area contributed by atoms with Gasteiger partial charge >= 0.3 is 5.69 Å². The summed E-state index contributed by atoms with van der Waals surface area (Å²) in [5.41, 5.74) is 0.464. The van der Waals surface area contributed by atoms with Crippen molar-refractivity contribution in [1.29, 1.82) is 0 Å². The van der Waals surface area contributed by atoms with E-state index in [-0.39, 0.29) is 12.5 Å². The minimum atomic E-state index is -0.600. The van der Waals surface area contributed by atoms with Gasteiger partial charge in [-0.1, -0.05) is 24.3 Å². The Hall–Kier alpha value is -3.35. The fourth-order valence-corrected chi connectivity index (χ4v) is 2.73. The number of fused-ring (bicyclic) bond motifs is 1. The molecular weight excluding hydrogens is 346 g/mol. The molecule has 3 aromatic rings. The fraction of sp³-hybridized carbons (Fsp3) is 0.250. The Kier molecular flexibility index (Phi) is 5.40. The van der Waals surface area contributed by atoms with Gasteiger partial charge in [0, 0.05) is 7.05 Å². The number of aromatic amines is 1. The van der Waals surface area contributed by atoms with Gasteiger partial charge < -0.3 is 14.6 Å². The zero-order chi connectivity index (χ0) is 19.4. The number of ether oxygens (including phenoxy) is 1. The number of aryl methyl sites for hydroxylation is 1. The number of likely N-dealkylation sites (N-methyl/N-ethyl adjacent to an activating group) is 1. The maximum atomic E-state index is 12.5. The standard InChI is InChI=1S/C20H21N3O4/c1-14-6-5-7-15(12-14)27-11-10-22(2)18(24)13-23-19(25)16-8-3-4-9-17(16)21-20(23)26/h3-9,12H,10-11,13H2,1-2H3,(H,21,26). The lowest BCUT2D eigenvalue weighted by Crippen LogP contribution is -2.42. The van der Waals surface area contributed by atoms with Crippen LogP contribution in [0.2, 0.25) is 0 Å². The summed E-state index contributed by atoms with van der Waals surface area (Å²) in [7, 11) is 1.61. The first-order valence-corrected chi connectivity index (χ1v) is 8.61. The van der Waals surface area contributed by atoms with E-state index >= 15 is 0 Å². The van der Waals surface area contributed by atoms with E-state index in [2.05, 4.69) is 4.98 Å². The highest BCUT2D eigenvalue weighted by molar-refractivity contribution is 5.78. The molecule has 0 saturated heterocycles. The first kappa shape index (κ1) is 18.4. The Bertz CT molecular complexity index is 1080. The Labute approximate surface area is 155 Å². The first-order valence-electron chi connectivity index (χ1n) is 8.61. The average Bonchev–Trinajstić information content (AvgIpc) is 2.65. The van der Waals surface area contributed by atoms with Gasteiger partial charge in [-0.15, -0.1) is 0 Å². The summed E-state index contributed by atoms with van der Waals surface area (Å²) >= 11 is 0. The van der Waals surface area contributed by atoms with Crippen molar-refractivity contribution in [3.63, 3.8) is 0 Å². The Morgan fingerprint density at radius 3 is 2.70 bits per heavy atom. The van der Waals surface area contributed by atoms with Crippen molar-refractivity contribution in [2.75, 3.05) is 20.2 Å². The van der Waals surface area contributed by atoms with E-state index in [4.69, 9.17) is 4.74 Å². The lowest BCUT2D eigenvalue weighted by molar-refractivity contribution is -0.131. The molecule has 0 atom stereocenters. The van der Waals surface area contributed by atoms with Crippen LogP contribution >= 0.6 is 0 Å². The molecule has 140 valence electrons. The number of nitrogens with zero attached hydrogens (tertiary/aromatic N) is 2. The Morgan fingerprint density at radius 1 is 1.15 bits per heavy atom. The van der Waals surface area contributed by atoms with Crippen LogP contribution in [-0.2, 0) is 11.3 Å². The van der Waals surface area contributed by atoms with Crippen LogP contribution < -0.4 is 16.0 Å². The van der Waals surface area contributed by atoms with E-state index in [9.17, 15) is 14.4 Å². The molecule has 27 heavy (non-hydrogen) atoms. The molecule has 1 aromatic heterocycles. The molecule has 0 unspecified atom stereocenters. The van der Waals surface area contributed by atoms with E-state index in [1.165, 1.54) is 4.90 Å². The molecule has 1 amide bonds. The molecule has 0 fully saturated rings. The third kappa shape index (κ3) is 4.25. The summed E-state index contributed by atoms with van der Waals surface area (Å²) in [5.74, 6) is 0.392. The van der Waals surface area contributed by atoms with Crippen LogP contribution in [0.4, 0.5) is 0 Å². The summed E-state index contributed by atoms with van der Waals surface area (Å²) in [6.45, 7) is 2.31. The second-order valence-electron chi connectivity index (χ2n) is 6.35. The molecule has 7 heteroatoms. The summed E-state index contributed by atoms with van der Waals surface area (Å²) < 4.78 is 6.55. The number of aromatic nitrogens is 2. The number of para-hydroxylation sites is 1. The zero-order valence-corrected chi connectivity index (χ0v) is 15.3. The molecule has 2 aromatic carbocycles. The quantitative estimate of drug-likeness (QED) is 0.716. The largest absolute Gasteiger partial charge is 0.492 e. The maximum absolute atomic E-state index is 12.5. The highest BCUT2D eigenvalue weighted by atomic mass is 16.5. The molecule has 7 nitrogen and oxygen atoms in total. The smallest absolute Gasteiger partial charge is 0.329 e. The minimum absolute atomic E-state index is 0.314. The van der Waals surface area contributed by atoms with Gasteiger partial charge in [0.15, 0.2) is 0 Å². The zero-order valence-electron chi connectivity index (χ0n) is 15.3. The molecule has 0 aliphatic rings. The predicted molar refractivity (Wildman–Crippen MR) is 103 cm³/mol. The van der Waals surface area contributed by atoms with Crippen molar-refractivity contribution in [3.8, 4) is 5.75 Å². The van der Waals surface area contributed by atoms with Gasteiger partial charge in [0.1, 0.15) is 18.9 Å². The van der Waals surface area contributed by atoms with Crippen LogP contribution in [0.3, 0.4) is 0 Å². The highest BCUT2D eigenvalue weighted by Gasteiger charge is 2.14. The number of benzene rings is 2. The summed E-state index contributed by atoms with van der Waals surface area (Å²) in [5, 5.41) is 0.371. The molecule has 0 spiro atoms. The van der Waals surface area contributed by atoms with Gasteiger partial charge in [0.2, 0.25) is 5.91 Å². The van der Waals surface area contributed by atoms with Gasteiger partial charge in [-0.3, -0.25) is 14.2 Å². The van der Waals surface area contributed by atoms with Crippen LogP contribution in [0, 0.1) is 6.92 Å². The Morgan fingerprint density at radius 2 is 1.93 bits per heavy atom. The molecular formula is C20H21N3O4. The first-order chi connectivity index (χ1) is 13.0. The van der Waals surface area contributed by atoms with Crippen LogP contribution in [0.5, 0.6) is 5.75 Å². The second-order valence-corrected chi connectivity index (χ2v) is 6.35. The molecule has 0 aliphatic carbocycles. The summed E-state index contributed by atoms with van der Waals surface area (Å²) in [6.07, 6.45) is 0. The van der Waals surface area contributed by atoms with Crippen molar-refractivity contribution in [2.24, 2.45) is 0 Å². The summed E-state index contributed by atoms with van der Waals surface area (Å²) in [4.78, 5) is 41.1. The van der Waals surface area contributed by atoms with Crippen molar-refractivity contribution >= 4 is 16.8 Å². The van der Waals surface area contributed by atoms with E-state index in [0.29, 0.717) is 24.1 Å². The van der Waals surface area contributed by atoms with Gasteiger partial charge in [0.25, 0.3) is 5.56 Å². The number of amides is 1. The Balaban J connectivity index is 1.65. The molecule has 1 N–H and O–H groups in total. The normalized spacial score (nSPS) is 10.7. The predicted octanol–water partition coefficient (Wildman–Crippen LogP) is 1.54. The lowest BCUT2D eigenvalue weighted by atomic mass is 10.2. The monoisotopic (exact) mass is 367 g/mol. The molecule has 3 rings (SSSR count).